The SMILES string of the molecule is Cc1ccc2c(n1)oc1c(-c3cc(-c4cccc5cccc(C)c45)c(C)cn3)cccc12. The molecule has 0 saturated carbocycles. The second-order valence-corrected chi connectivity index (χ2v) is 8.45. The van der Waals surface area contributed by atoms with Crippen LogP contribution >= 0.6 is 0 Å². The van der Waals surface area contributed by atoms with Crippen LogP contribution in [-0.2, 0) is 0 Å². The van der Waals surface area contributed by atoms with Crippen LogP contribution in [0.5, 0.6) is 0 Å². The van der Waals surface area contributed by atoms with Crippen LogP contribution in [0.15, 0.2) is 83.4 Å². The average molecular weight is 415 g/mol. The van der Waals surface area contributed by atoms with Gasteiger partial charge in [-0.2, -0.15) is 0 Å². The Morgan fingerprint density at radius 3 is 2.34 bits per heavy atom. The van der Waals surface area contributed by atoms with E-state index in [4.69, 9.17) is 9.40 Å². The van der Waals surface area contributed by atoms with Gasteiger partial charge in [0, 0.05) is 28.2 Å². The molecule has 0 bridgehead atoms. The van der Waals surface area contributed by atoms with Crippen LogP contribution < -0.4 is 0 Å². The summed E-state index contributed by atoms with van der Waals surface area (Å²) in [6.07, 6.45) is 1.96. The van der Waals surface area contributed by atoms with E-state index in [1.807, 2.05) is 19.2 Å². The van der Waals surface area contributed by atoms with E-state index in [0.29, 0.717) is 5.71 Å². The highest BCUT2D eigenvalue weighted by atomic mass is 16.3. The molecule has 0 atom stereocenters. The molecule has 0 aliphatic rings. The molecule has 0 unspecified atom stereocenters. The molecular weight excluding hydrogens is 392 g/mol. The Labute approximate surface area is 186 Å². The molecule has 0 N–H and O–H groups in total. The van der Waals surface area contributed by atoms with E-state index >= 15 is 0 Å². The van der Waals surface area contributed by atoms with E-state index in [9.17, 15) is 0 Å². The van der Waals surface area contributed by atoms with Crippen LogP contribution in [0.3, 0.4) is 0 Å². The maximum absolute atomic E-state index is 6.23. The summed E-state index contributed by atoms with van der Waals surface area (Å²) in [5.74, 6) is 0. The van der Waals surface area contributed by atoms with E-state index in [1.165, 1.54) is 27.5 Å². The van der Waals surface area contributed by atoms with Crippen molar-refractivity contribution in [2.45, 2.75) is 20.8 Å². The summed E-state index contributed by atoms with van der Waals surface area (Å²) in [6, 6.07) is 25.5. The Hall–Kier alpha value is -3.98. The van der Waals surface area contributed by atoms with Crippen molar-refractivity contribution in [3.05, 3.63) is 95.8 Å². The molecule has 3 heterocycles. The third-order valence-corrected chi connectivity index (χ3v) is 6.29. The van der Waals surface area contributed by atoms with Gasteiger partial charge in [0.15, 0.2) is 0 Å². The minimum Gasteiger partial charge on any atom is -0.437 e. The highest BCUT2D eigenvalue weighted by Gasteiger charge is 2.16. The fourth-order valence-electron chi connectivity index (χ4n) is 4.69. The number of rotatable bonds is 2. The summed E-state index contributed by atoms with van der Waals surface area (Å²) >= 11 is 0. The minimum absolute atomic E-state index is 0.671. The lowest BCUT2D eigenvalue weighted by atomic mass is 9.92. The molecule has 32 heavy (non-hydrogen) atoms. The lowest BCUT2D eigenvalue weighted by Crippen LogP contribution is -1.92. The maximum atomic E-state index is 6.23. The summed E-state index contributed by atoms with van der Waals surface area (Å²) in [5.41, 5.74) is 9.18. The molecule has 3 aromatic carbocycles. The van der Waals surface area contributed by atoms with Gasteiger partial charge in [0.1, 0.15) is 5.58 Å². The Bertz CT molecular complexity index is 1650. The molecule has 0 aliphatic carbocycles. The zero-order valence-corrected chi connectivity index (χ0v) is 18.3. The number of fused-ring (bicyclic) bond motifs is 4. The summed E-state index contributed by atoms with van der Waals surface area (Å²) in [4.78, 5) is 9.38. The van der Waals surface area contributed by atoms with Gasteiger partial charge < -0.3 is 4.42 Å². The highest BCUT2D eigenvalue weighted by molar-refractivity contribution is 6.08. The van der Waals surface area contributed by atoms with Gasteiger partial charge in [-0.15, -0.1) is 0 Å². The molecule has 3 nitrogen and oxygen atoms in total. The van der Waals surface area contributed by atoms with E-state index in [2.05, 4.69) is 85.6 Å². The first-order valence-electron chi connectivity index (χ1n) is 10.8. The van der Waals surface area contributed by atoms with Gasteiger partial charge in [-0.1, -0.05) is 48.5 Å². The van der Waals surface area contributed by atoms with Crippen molar-refractivity contribution in [3.63, 3.8) is 0 Å². The maximum Gasteiger partial charge on any atom is 0.227 e. The van der Waals surface area contributed by atoms with Gasteiger partial charge >= 0.3 is 0 Å². The Morgan fingerprint density at radius 1 is 0.688 bits per heavy atom. The van der Waals surface area contributed by atoms with Crippen LogP contribution in [0.4, 0.5) is 0 Å². The van der Waals surface area contributed by atoms with Gasteiger partial charge in [-0.3, -0.25) is 4.98 Å². The number of nitrogens with zero attached hydrogens (tertiary/aromatic N) is 2. The monoisotopic (exact) mass is 414 g/mol. The minimum atomic E-state index is 0.671. The van der Waals surface area contributed by atoms with E-state index in [-0.39, 0.29) is 0 Å². The van der Waals surface area contributed by atoms with Crippen molar-refractivity contribution < 1.29 is 4.42 Å². The number of pyridine rings is 2. The molecule has 0 spiro atoms. The number of benzene rings is 3. The number of aromatic nitrogens is 2. The third-order valence-electron chi connectivity index (χ3n) is 6.29. The van der Waals surface area contributed by atoms with Gasteiger partial charge in [-0.05, 0) is 78.1 Å². The normalized spacial score (nSPS) is 11.6. The lowest BCUT2D eigenvalue weighted by molar-refractivity contribution is 0.653. The molecule has 6 aromatic rings. The van der Waals surface area contributed by atoms with Crippen molar-refractivity contribution in [2.75, 3.05) is 0 Å². The quantitative estimate of drug-likeness (QED) is 0.290. The molecule has 154 valence electrons. The molecular formula is C29H22N2O. The molecule has 3 heteroatoms. The second kappa shape index (κ2) is 7.03. The number of hydrogen-bond donors (Lipinski definition) is 0. The predicted octanol–water partition coefficient (Wildman–Crippen LogP) is 7.79. The topological polar surface area (TPSA) is 38.9 Å². The fraction of sp³-hybridized carbons (Fsp3) is 0.103. The first-order chi connectivity index (χ1) is 15.6. The van der Waals surface area contributed by atoms with Crippen LogP contribution in [0.1, 0.15) is 16.8 Å². The average Bonchev–Trinajstić information content (AvgIpc) is 3.17. The van der Waals surface area contributed by atoms with E-state index in [0.717, 1.165) is 38.9 Å². The first kappa shape index (κ1) is 18.8. The van der Waals surface area contributed by atoms with Crippen LogP contribution in [0.25, 0.3) is 55.2 Å². The lowest BCUT2D eigenvalue weighted by Gasteiger charge is -2.13. The van der Waals surface area contributed by atoms with Crippen molar-refractivity contribution in [2.24, 2.45) is 0 Å². The summed E-state index contributed by atoms with van der Waals surface area (Å²) in [5, 5.41) is 4.64. The molecule has 0 amide bonds. The molecule has 0 radical (unpaired) electrons. The number of aryl methyl sites for hydroxylation is 3. The predicted molar refractivity (Wildman–Crippen MR) is 132 cm³/mol. The van der Waals surface area contributed by atoms with Crippen LogP contribution in [-0.4, -0.2) is 9.97 Å². The Kier molecular flexibility index (Phi) is 4.12. The van der Waals surface area contributed by atoms with Gasteiger partial charge in [0.25, 0.3) is 0 Å². The third kappa shape index (κ3) is 2.82. The molecule has 3 aromatic heterocycles. The van der Waals surface area contributed by atoms with Gasteiger partial charge in [0.05, 0.1) is 5.69 Å². The van der Waals surface area contributed by atoms with Gasteiger partial charge in [0.2, 0.25) is 5.71 Å². The van der Waals surface area contributed by atoms with Crippen LogP contribution in [0, 0.1) is 20.8 Å². The zero-order chi connectivity index (χ0) is 21.8. The summed E-state index contributed by atoms with van der Waals surface area (Å²) < 4.78 is 6.23. The van der Waals surface area contributed by atoms with Crippen molar-refractivity contribution in [3.8, 4) is 22.4 Å². The first-order valence-corrected chi connectivity index (χ1v) is 10.8. The van der Waals surface area contributed by atoms with Crippen molar-refractivity contribution >= 4 is 32.8 Å². The smallest absolute Gasteiger partial charge is 0.227 e. The van der Waals surface area contributed by atoms with E-state index in [1.54, 1.807) is 0 Å². The number of para-hydroxylation sites is 1. The van der Waals surface area contributed by atoms with Crippen molar-refractivity contribution in [1.29, 1.82) is 0 Å². The number of furan rings is 1. The molecule has 0 aliphatic heterocycles. The number of hydrogen-bond acceptors (Lipinski definition) is 3. The van der Waals surface area contributed by atoms with Crippen molar-refractivity contribution in [1.82, 2.24) is 9.97 Å². The fourth-order valence-corrected chi connectivity index (χ4v) is 4.69. The second-order valence-electron chi connectivity index (χ2n) is 8.45. The molecule has 6 rings (SSSR count). The Morgan fingerprint density at radius 2 is 1.47 bits per heavy atom. The summed E-state index contributed by atoms with van der Waals surface area (Å²) in [7, 11) is 0. The van der Waals surface area contributed by atoms with E-state index < -0.39 is 0 Å². The van der Waals surface area contributed by atoms with Crippen LogP contribution in [0.2, 0.25) is 0 Å². The standard InChI is InChI=1S/C29H22N2O/c1-17-7-4-8-20-9-5-10-21(27(17)20)25-15-26(30-16-18(25)2)24-12-6-11-22-23-14-13-19(3)31-29(23)32-28(22)24/h4-16H,1-3H3. The zero-order valence-electron chi connectivity index (χ0n) is 18.3. The molecule has 0 fully saturated rings. The highest BCUT2D eigenvalue weighted by Crippen LogP contribution is 2.38. The Balaban J connectivity index is 1.61. The molecule has 0 saturated heterocycles. The summed E-state index contributed by atoms with van der Waals surface area (Å²) in [6.45, 7) is 6.28. The largest absolute Gasteiger partial charge is 0.437 e. The van der Waals surface area contributed by atoms with Gasteiger partial charge in [-0.25, -0.2) is 4.98 Å².